The molecule has 80 valence electrons. The number of hydrogen-bond donors (Lipinski definition) is 0. The Kier molecular flexibility index (Phi) is 4.17. The van der Waals surface area contributed by atoms with Crippen LogP contribution in [0.5, 0.6) is 0 Å². The van der Waals surface area contributed by atoms with Crippen LogP contribution in [0.1, 0.15) is 5.76 Å². The van der Waals surface area contributed by atoms with Gasteiger partial charge < -0.3 is 4.42 Å². The largest absolute Gasteiger partial charge is 0.449 e. The van der Waals surface area contributed by atoms with E-state index in [2.05, 4.69) is 36.8 Å². The Hall–Kier alpha value is 0.510. The second-order valence-electron chi connectivity index (χ2n) is 2.54. The van der Waals surface area contributed by atoms with Crippen molar-refractivity contribution in [3.8, 4) is 0 Å². The highest BCUT2D eigenvalue weighted by molar-refractivity contribution is 9.13. The molecule has 2 aromatic rings. The third-order valence-corrected chi connectivity index (χ3v) is 5.94. The van der Waals surface area contributed by atoms with Gasteiger partial charge in [0.05, 0.1) is 5.75 Å². The van der Waals surface area contributed by atoms with Crippen molar-refractivity contribution >= 4 is 66.6 Å². The number of halogens is 3. The smallest absolute Gasteiger partial charge is 0.193 e. The molecule has 0 radical (unpaired) electrons. The van der Waals surface area contributed by atoms with Gasteiger partial charge in [0.1, 0.15) is 14.1 Å². The van der Waals surface area contributed by atoms with Gasteiger partial charge in [-0.15, -0.1) is 0 Å². The summed E-state index contributed by atoms with van der Waals surface area (Å²) in [5, 5.41) is 0.423. The van der Waals surface area contributed by atoms with Gasteiger partial charge >= 0.3 is 0 Å². The minimum Gasteiger partial charge on any atom is -0.449 e. The molecule has 2 rings (SSSR count). The van der Waals surface area contributed by atoms with Crippen molar-refractivity contribution < 1.29 is 4.42 Å². The molecule has 0 N–H and O–H groups in total. The molecule has 0 unspecified atom stereocenters. The van der Waals surface area contributed by atoms with Crippen molar-refractivity contribution in [2.24, 2.45) is 0 Å². The van der Waals surface area contributed by atoms with Gasteiger partial charge in [-0.2, -0.15) is 0 Å². The maximum absolute atomic E-state index is 5.67. The first kappa shape index (κ1) is 12.0. The van der Waals surface area contributed by atoms with E-state index in [9.17, 15) is 0 Å². The molecule has 0 saturated carbocycles. The highest BCUT2D eigenvalue weighted by Gasteiger charge is 2.08. The molecular weight excluding hydrogens is 385 g/mol. The SMILES string of the molecule is Clc1ccc(CSc2nc(Br)c(Br)s2)o1. The number of thiazole rings is 1. The average Bonchev–Trinajstić information content (AvgIpc) is 2.72. The molecule has 0 saturated heterocycles. The lowest BCUT2D eigenvalue weighted by Gasteiger charge is -1.92. The maximum Gasteiger partial charge on any atom is 0.193 e. The minimum atomic E-state index is 0.423. The van der Waals surface area contributed by atoms with Crippen molar-refractivity contribution in [3.05, 3.63) is 31.5 Å². The molecule has 0 aliphatic rings. The van der Waals surface area contributed by atoms with Crippen LogP contribution in [-0.4, -0.2) is 4.98 Å². The zero-order valence-corrected chi connectivity index (χ0v) is 12.7. The molecule has 0 aromatic carbocycles. The Morgan fingerprint density at radius 1 is 1.47 bits per heavy atom. The molecule has 0 aliphatic heterocycles. The summed E-state index contributed by atoms with van der Waals surface area (Å²) < 4.78 is 8.07. The molecule has 0 aliphatic carbocycles. The molecule has 0 amide bonds. The Morgan fingerprint density at radius 3 is 2.80 bits per heavy atom. The van der Waals surface area contributed by atoms with E-state index in [1.165, 1.54) is 0 Å². The first-order valence-electron chi connectivity index (χ1n) is 3.84. The molecule has 2 aromatic heterocycles. The molecule has 0 bridgehead atoms. The van der Waals surface area contributed by atoms with Crippen LogP contribution in [0.25, 0.3) is 0 Å². The Balaban J connectivity index is 1.99. The number of nitrogens with zero attached hydrogens (tertiary/aromatic N) is 1. The number of hydrogen-bond acceptors (Lipinski definition) is 4. The summed E-state index contributed by atoms with van der Waals surface area (Å²) in [6, 6.07) is 3.61. The standard InChI is InChI=1S/C8H4Br2ClNOS2/c9-6-7(10)15-8(12-6)14-3-4-1-2-5(11)13-4/h1-2H,3H2. The maximum atomic E-state index is 5.67. The van der Waals surface area contributed by atoms with Crippen LogP contribution >= 0.6 is 66.6 Å². The van der Waals surface area contributed by atoms with Crippen molar-refractivity contribution in [3.63, 3.8) is 0 Å². The first-order chi connectivity index (χ1) is 7.15. The lowest BCUT2D eigenvalue weighted by molar-refractivity contribution is 0.532. The fourth-order valence-corrected chi connectivity index (χ4v) is 4.24. The molecular formula is C8H4Br2ClNOS2. The highest BCUT2D eigenvalue weighted by atomic mass is 79.9. The summed E-state index contributed by atoms with van der Waals surface area (Å²) in [7, 11) is 0. The fraction of sp³-hybridized carbons (Fsp3) is 0.125. The van der Waals surface area contributed by atoms with Crippen molar-refractivity contribution in [1.82, 2.24) is 4.98 Å². The van der Waals surface area contributed by atoms with Gasteiger partial charge in [-0.25, -0.2) is 4.98 Å². The third kappa shape index (κ3) is 3.23. The molecule has 0 spiro atoms. The predicted octanol–water partition coefficient (Wildman–Crippen LogP) is 5.21. The summed E-state index contributed by atoms with van der Waals surface area (Å²) in [6.07, 6.45) is 0. The van der Waals surface area contributed by atoms with E-state index in [4.69, 9.17) is 16.0 Å². The van der Waals surface area contributed by atoms with Crippen molar-refractivity contribution in [2.75, 3.05) is 0 Å². The Labute approximate surface area is 117 Å². The van der Waals surface area contributed by atoms with Gasteiger partial charge in [0.2, 0.25) is 0 Å². The quantitative estimate of drug-likeness (QED) is 0.674. The lowest BCUT2D eigenvalue weighted by atomic mass is 10.5. The summed E-state index contributed by atoms with van der Waals surface area (Å²) >= 11 is 15.6. The fourth-order valence-electron chi connectivity index (χ4n) is 0.890. The molecule has 2 heterocycles. The normalized spacial score (nSPS) is 10.9. The van der Waals surface area contributed by atoms with Gasteiger partial charge in [-0.3, -0.25) is 0 Å². The lowest BCUT2D eigenvalue weighted by Crippen LogP contribution is -1.74. The first-order valence-corrected chi connectivity index (χ1v) is 7.60. The number of rotatable bonds is 3. The Morgan fingerprint density at radius 2 is 2.27 bits per heavy atom. The number of aromatic nitrogens is 1. The number of furan rings is 1. The van der Waals surface area contributed by atoms with E-state index in [1.807, 2.05) is 6.07 Å². The van der Waals surface area contributed by atoms with Crippen molar-refractivity contribution in [2.45, 2.75) is 10.1 Å². The molecule has 7 heteroatoms. The van der Waals surface area contributed by atoms with Gasteiger partial charge in [0.25, 0.3) is 0 Å². The second kappa shape index (κ2) is 5.23. The predicted molar refractivity (Wildman–Crippen MR) is 70.8 cm³/mol. The van der Waals surface area contributed by atoms with Gasteiger partial charge in [-0.05, 0) is 55.6 Å². The van der Waals surface area contributed by atoms with Crippen LogP contribution in [-0.2, 0) is 5.75 Å². The van der Waals surface area contributed by atoms with E-state index in [0.29, 0.717) is 5.22 Å². The zero-order chi connectivity index (χ0) is 10.8. The van der Waals surface area contributed by atoms with Crippen LogP contribution in [0.15, 0.2) is 29.3 Å². The Bertz CT molecular complexity index is 451. The monoisotopic (exact) mass is 387 g/mol. The van der Waals surface area contributed by atoms with Crippen molar-refractivity contribution in [1.29, 1.82) is 0 Å². The van der Waals surface area contributed by atoms with Crippen LogP contribution in [0.4, 0.5) is 0 Å². The highest BCUT2D eigenvalue weighted by Crippen LogP contribution is 2.35. The van der Waals surface area contributed by atoms with Gasteiger partial charge in [0, 0.05) is 0 Å². The molecule has 15 heavy (non-hydrogen) atoms. The summed E-state index contributed by atoms with van der Waals surface area (Å²) in [5.74, 6) is 1.59. The molecule has 0 fully saturated rings. The topological polar surface area (TPSA) is 26.0 Å². The summed E-state index contributed by atoms with van der Waals surface area (Å²) in [5.41, 5.74) is 0. The zero-order valence-electron chi connectivity index (χ0n) is 7.17. The third-order valence-electron chi connectivity index (χ3n) is 1.50. The van der Waals surface area contributed by atoms with Crippen LogP contribution in [0.2, 0.25) is 5.22 Å². The van der Waals surface area contributed by atoms with Crippen LogP contribution in [0, 0.1) is 0 Å². The van der Waals surface area contributed by atoms with E-state index in [-0.39, 0.29) is 0 Å². The molecule has 2 nitrogen and oxygen atoms in total. The van der Waals surface area contributed by atoms with E-state index in [1.54, 1.807) is 29.2 Å². The van der Waals surface area contributed by atoms with E-state index in [0.717, 1.165) is 24.2 Å². The number of thioether (sulfide) groups is 1. The summed E-state index contributed by atoms with van der Waals surface area (Å²) in [6.45, 7) is 0. The van der Waals surface area contributed by atoms with Crippen LogP contribution in [0.3, 0.4) is 0 Å². The van der Waals surface area contributed by atoms with Gasteiger partial charge in [-0.1, -0.05) is 23.1 Å². The van der Waals surface area contributed by atoms with E-state index >= 15 is 0 Å². The average molecular weight is 390 g/mol. The second-order valence-corrected chi connectivity index (χ2v) is 7.20. The minimum absolute atomic E-state index is 0.423. The van der Waals surface area contributed by atoms with E-state index < -0.39 is 0 Å². The molecule has 0 atom stereocenters. The van der Waals surface area contributed by atoms with Gasteiger partial charge in [0.15, 0.2) is 9.56 Å². The summed E-state index contributed by atoms with van der Waals surface area (Å²) in [4.78, 5) is 4.31. The van der Waals surface area contributed by atoms with Crippen LogP contribution < -0.4 is 0 Å².